The van der Waals surface area contributed by atoms with Gasteiger partial charge in [0.15, 0.2) is 24.0 Å². The monoisotopic (exact) mass is 539 g/mol. The fraction of sp³-hybridized carbons (Fsp3) is 0.333. The summed E-state index contributed by atoms with van der Waals surface area (Å²) < 4.78 is 9.51. The second-order valence-corrected chi connectivity index (χ2v) is 9.60. The number of benzene rings is 2. The maximum atomic E-state index is 11.5. The number of aryl methyl sites for hydroxylation is 1. The Morgan fingerprint density at radius 1 is 1.05 bits per heavy atom. The lowest BCUT2D eigenvalue weighted by atomic mass is 9.98. The van der Waals surface area contributed by atoms with E-state index in [0.29, 0.717) is 41.4 Å². The molecule has 1 atom stereocenters. The van der Waals surface area contributed by atoms with E-state index in [4.69, 9.17) is 9.72 Å². The third kappa shape index (κ3) is 5.41. The molecular weight excluding hydrogens is 506 g/mol. The molecule has 1 N–H and O–H groups in total. The number of aliphatic hydroxyl groups excluding tert-OH is 1. The minimum Gasteiger partial charge on any atom is -0.390 e. The van der Waals surface area contributed by atoms with E-state index >= 15 is 0 Å². The highest BCUT2D eigenvalue weighted by Crippen LogP contribution is 2.32. The zero-order chi connectivity index (χ0) is 28.1. The van der Waals surface area contributed by atoms with Gasteiger partial charge in [-0.3, -0.25) is 4.79 Å². The Morgan fingerprint density at radius 2 is 1.82 bits per heavy atom. The molecule has 0 spiro atoms. The molecule has 206 valence electrons. The molecule has 0 radical (unpaired) electrons. The molecule has 0 saturated heterocycles. The Kier molecular flexibility index (Phi) is 8.37. The molecule has 10 nitrogen and oxygen atoms in total. The Morgan fingerprint density at radius 3 is 2.52 bits per heavy atom. The number of ether oxygens (including phenoxy) is 1. The van der Waals surface area contributed by atoms with Crippen LogP contribution in [0.25, 0.3) is 33.7 Å². The van der Waals surface area contributed by atoms with Crippen LogP contribution in [0.15, 0.2) is 54.6 Å². The van der Waals surface area contributed by atoms with E-state index in [2.05, 4.69) is 62.3 Å². The summed E-state index contributed by atoms with van der Waals surface area (Å²) in [6.45, 7) is 6.84. The summed E-state index contributed by atoms with van der Waals surface area (Å²) in [7, 11) is 0. The van der Waals surface area contributed by atoms with Gasteiger partial charge >= 0.3 is 0 Å². The molecule has 2 aromatic carbocycles. The third-order valence-corrected chi connectivity index (χ3v) is 6.96. The van der Waals surface area contributed by atoms with E-state index in [1.807, 2.05) is 32.0 Å². The molecule has 1 unspecified atom stereocenters. The van der Waals surface area contributed by atoms with Gasteiger partial charge in [-0.1, -0.05) is 61.9 Å². The van der Waals surface area contributed by atoms with Gasteiger partial charge in [-0.15, -0.1) is 5.10 Å². The number of rotatable bonds is 12. The number of aliphatic hydroxyl groups is 1. The molecule has 0 aliphatic carbocycles. The Bertz CT molecular complexity index is 1610. The van der Waals surface area contributed by atoms with E-state index < -0.39 is 0 Å². The van der Waals surface area contributed by atoms with Crippen LogP contribution >= 0.6 is 0 Å². The largest absolute Gasteiger partial charge is 0.390 e. The first-order chi connectivity index (χ1) is 19.6. The summed E-state index contributed by atoms with van der Waals surface area (Å²) in [5.74, 6) is 1.56. The van der Waals surface area contributed by atoms with Gasteiger partial charge in [-0.25, -0.2) is 9.97 Å². The standard InChI is InChI=1S/C30H33N7O3/c1-4-6-11-28-31-26-16-23(18-38)27(19-39)32-30(26)36(28)17-21-12-14-22(15-13-21)24-9-7-8-10-25(24)29-33-34-35-37(29)20(3)40-5-2/h7-10,12-16,18,20,39H,4-6,11,17,19H2,1-3H3. The SMILES string of the molecule is CCCCc1nc2cc(C=O)c(CO)nc2n1Cc1ccc(-c2ccccc2-c2nnnn2C(C)OCC)cc1. The Hall–Kier alpha value is -4.28. The van der Waals surface area contributed by atoms with Crippen molar-refractivity contribution in [2.75, 3.05) is 6.61 Å². The summed E-state index contributed by atoms with van der Waals surface area (Å²) in [6, 6.07) is 18.1. The van der Waals surface area contributed by atoms with E-state index in [9.17, 15) is 9.90 Å². The lowest BCUT2D eigenvalue weighted by Crippen LogP contribution is -2.12. The first-order valence-electron chi connectivity index (χ1n) is 13.6. The number of carbonyl (C=O) groups is 1. The maximum absolute atomic E-state index is 11.5. The van der Waals surface area contributed by atoms with Crippen molar-refractivity contribution in [3.63, 3.8) is 0 Å². The van der Waals surface area contributed by atoms with Crippen LogP contribution in [0.4, 0.5) is 0 Å². The van der Waals surface area contributed by atoms with Crippen LogP contribution < -0.4 is 0 Å². The van der Waals surface area contributed by atoms with Gasteiger partial charge in [-0.05, 0) is 53.5 Å². The van der Waals surface area contributed by atoms with Gasteiger partial charge in [0.25, 0.3) is 0 Å². The van der Waals surface area contributed by atoms with Crippen molar-refractivity contribution < 1.29 is 14.6 Å². The number of carbonyl (C=O) groups excluding carboxylic acids is 1. The highest BCUT2D eigenvalue weighted by atomic mass is 16.5. The molecule has 0 aliphatic heterocycles. The molecule has 5 aromatic rings. The zero-order valence-corrected chi connectivity index (χ0v) is 23.0. The molecule has 0 saturated carbocycles. The molecule has 40 heavy (non-hydrogen) atoms. The van der Waals surface area contributed by atoms with Gasteiger partial charge in [0, 0.05) is 24.2 Å². The highest BCUT2D eigenvalue weighted by molar-refractivity contribution is 5.84. The van der Waals surface area contributed by atoms with Crippen LogP contribution in [0.2, 0.25) is 0 Å². The molecule has 0 fully saturated rings. The van der Waals surface area contributed by atoms with Crippen LogP contribution in [-0.4, -0.2) is 52.7 Å². The number of nitrogens with zero attached hydrogens (tertiary/aromatic N) is 7. The molecule has 0 bridgehead atoms. The Balaban J connectivity index is 1.49. The number of aldehydes is 1. The molecular formula is C30H33N7O3. The topological polar surface area (TPSA) is 121 Å². The molecule has 3 heterocycles. The normalized spacial score (nSPS) is 12.2. The average molecular weight is 540 g/mol. The molecule has 10 heteroatoms. The quantitative estimate of drug-likeness (QED) is 0.220. The van der Waals surface area contributed by atoms with Crippen molar-refractivity contribution in [3.05, 3.63) is 77.2 Å². The molecule has 5 rings (SSSR count). The van der Waals surface area contributed by atoms with Crippen molar-refractivity contribution in [1.29, 1.82) is 0 Å². The highest BCUT2D eigenvalue weighted by Gasteiger charge is 2.19. The number of fused-ring (bicyclic) bond motifs is 1. The summed E-state index contributed by atoms with van der Waals surface area (Å²) in [5, 5.41) is 22.1. The first-order valence-corrected chi connectivity index (χ1v) is 13.6. The van der Waals surface area contributed by atoms with Crippen LogP contribution in [0.1, 0.15) is 67.3 Å². The van der Waals surface area contributed by atoms with E-state index in [1.165, 1.54) is 0 Å². The lowest BCUT2D eigenvalue weighted by Gasteiger charge is -2.15. The van der Waals surface area contributed by atoms with Crippen LogP contribution in [-0.2, 0) is 24.3 Å². The van der Waals surface area contributed by atoms with Gasteiger partial charge < -0.3 is 14.4 Å². The smallest absolute Gasteiger partial charge is 0.185 e. The van der Waals surface area contributed by atoms with E-state index in [0.717, 1.165) is 53.6 Å². The molecule has 3 aromatic heterocycles. The van der Waals surface area contributed by atoms with Crippen molar-refractivity contribution in [2.24, 2.45) is 0 Å². The van der Waals surface area contributed by atoms with E-state index in [-0.39, 0.29) is 12.8 Å². The molecule has 0 aliphatic rings. The third-order valence-electron chi connectivity index (χ3n) is 6.96. The average Bonchev–Trinajstić information content (AvgIpc) is 3.61. The fourth-order valence-corrected chi connectivity index (χ4v) is 4.90. The zero-order valence-electron chi connectivity index (χ0n) is 23.0. The predicted molar refractivity (Wildman–Crippen MR) is 152 cm³/mol. The van der Waals surface area contributed by atoms with E-state index in [1.54, 1.807) is 10.7 Å². The van der Waals surface area contributed by atoms with Crippen molar-refractivity contribution in [1.82, 2.24) is 34.7 Å². The summed E-state index contributed by atoms with van der Waals surface area (Å²) in [5.41, 5.74) is 6.11. The van der Waals surface area contributed by atoms with Crippen LogP contribution in [0.5, 0.6) is 0 Å². The minimum atomic E-state index is -0.305. The van der Waals surface area contributed by atoms with Crippen LogP contribution in [0, 0.1) is 0 Å². The number of imidazole rings is 1. The number of aromatic nitrogens is 7. The first kappa shape index (κ1) is 27.3. The second kappa shape index (κ2) is 12.3. The van der Waals surface area contributed by atoms with Crippen LogP contribution in [0.3, 0.4) is 0 Å². The number of pyridine rings is 1. The van der Waals surface area contributed by atoms with Crippen molar-refractivity contribution >= 4 is 17.5 Å². The maximum Gasteiger partial charge on any atom is 0.185 e. The minimum absolute atomic E-state index is 0.292. The number of hydrogen-bond acceptors (Lipinski definition) is 8. The van der Waals surface area contributed by atoms with Crippen molar-refractivity contribution in [2.45, 2.75) is 59.4 Å². The lowest BCUT2D eigenvalue weighted by molar-refractivity contribution is 0.0159. The van der Waals surface area contributed by atoms with Gasteiger partial charge in [-0.2, -0.15) is 4.68 Å². The summed E-state index contributed by atoms with van der Waals surface area (Å²) in [6.07, 6.45) is 3.26. The number of hydrogen-bond donors (Lipinski definition) is 1. The van der Waals surface area contributed by atoms with Gasteiger partial charge in [0.1, 0.15) is 11.3 Å². The number of tetrazole rings is 1. The number of unbranched alkanes of at least 4 members (excludes halogenated alkanes) is 1. The summed E-state index contributed by atoms with van der Waals surface area (Å²) in [4.78, 5) is 20.9. The van der Waals surface area contributed by atoms with Gasteiger partial charge in [0.05, 0.1) is 18.8 Å². The van der Waals surface area contributed by atoms with Gasteiger partial charge in [0.2, 0.25) is 0 Å². The fourth-order valence-electron chi connectivity index (χ4n) is 4.90. The Labute approximate surface area is 232 Å². The predicted octanol–water partition coefficient (Wildman–Crippen LogP) is 5.00. The van der Waals surface area contributed by atoms with Crippen molar-refractivity contribution in [3.8, 4) is 22.5 Å². The summed E-state index contributed by atoms with van der Waals surface area (Å²) >= 11 is 0. The molecule has 0 amide bonds. The second-order valence-electron chi connectivity index (χ2n) is 9.60.